The zero-order valence-electron chi connectivity index (χ0n) is 9.51. The lowest BCUT2D eigenvalue weighted by Crippen LogP contribution is -2.21. The van der Waals surface area contributed by atoms with E-state index < -0.39 is 0 Å². The molecule has 2 heterocycles. The van der Waals surface area contributed by atoms with Crippen molar-refractivity contribution in [1.82, 2.24) is 19.7 Å². The molecule has 0 aliphatic rings. The van der Waals surface area contributed by atoms with Crippen LogP contribution < -0.4 is 10.5 Å². The van der Waals surface area contributed by atoms with Gasteiger partial charge in [0.1, 0.15) is 10.3 Å². The van der Waals surface area contributed by atoms with E-state index in [4.69, 9.17) is 0 Å². The molecular weight excluding hydrogens is 286 g/mol. The van der Waals surface area contributed by atoms with E-state index >= 15 is 0 Å². The Morgan fingerprint density at radius 1 is 1.59 bits per heavy atom. The molecule has 0 atom stereocenters. The van der Waals surface area contributed by atoms with Crippen LogP contribution in [0.25, 0.3) is 0 Å². The molecule has 0 saturated heterocycles. The molecule has 6 nitrogen and oxygen atoms in total. The maximum atomic E-state index is 11.4. The van der Waals surface area contributed by atoms with E-state index in [0.717, 1.165) is 5.56 Å². The second-order valence-corrected chi connectivity index (χ2v) is 4.54. The Morgan fingerprint density at radius 2 is 2.35 bits per heavy atom. The summed E-state index contributed by atoms with van der Waals surface area (Å²) < 4.78 is 2.18. The van der Waals surface area contributed by atoms with Crippen LogP contribution in [-0.2, 0) is 13.6 Å². The molecule has 0 aromatic carbocycles. The molecule has 2 rings (SSSR count). The van der Waals surface area contributed by atoms with Crippen molar-refractivity contribution in [2.24, 2.45) is 7.05 Å². The molecule has 0 spiro atoms. The Balaban J connectivity index is 2.23. The van der Waals surface area contributed by atoms with E-state index in [1.54, 1.807) is 10.9 Å². The van der Waals surface area contributed by atoms with Gasteiger partial charge in [-0.05, 0) is 15.9 Å². The lowest BCUT2D eigenvalue weighted by molar-refractivity contribution is 0.766. The minimum absolute atomic E-state index is 0.187. The predicted octanol–water partition coefficient (Wildman–Crippen LogP) is 0.902. The van der Waals surface area contributed by atoms with Gasteiger partial charge >= 0.3 is 0 Å². The summed E-state index contributed by atoms with van der Waals surface area (Å²) >= 11 is 3.23. The molecule has 0 unspecified atom stereocenters. The highest BCUT2D eigenvalue weighted by Crippen LogP contribution is 2.19. The Hall–Kier alpha value is -1.63. The number of hydrogen-bond donors (Lipinski definition) is 1. The number of nitrogens with zero attached hydrogens (tertiary/aromatic N) is 4. The van der Waals surface area contributed by atoms with Gasteiger partial charge in [0.25, 0.3) is 5.56 Å². The van der Waals surface area contributed by atoms with E-state index in [-0.39, 0.29) is 5.56 Å². The summed E-state index contributed by atoms with van der Waals surface area (Å²) in [5.41, 5.74) is 0.872. The standard InChI is InChI=1S/C10H12BrN5O/c1-15(4-7-3-14-16(2)5-7)9-8(11)10(17)13-6-12-9/h3,5-6H,4H2,1-2H3,(H,12,13,17). The van der Waals surface area contributed by atoms with Crippen molar-refractivity contribution in [3.8, 4) is 0 Å². The van der Waals surface area contributed by atoms with Gasteiger partial charge < -0.3 is 9.88 Å². The van der Waals surface area contributed by atoms with Crippen LogP contribution in [-0.4, -0.2) is 26.8 Å². The molecule has 2 aromatic rings. The Morgan fingerprint density at radius 3 is 3.00 bits per heavy atom. The van der Waals surface area contributed by atoms with Crippen molar-refractivity contribution in [2.75, 3.05) is 11.9 Å². The molecule has 90 valence electrons. The van der Waals surface area contributed by atoms with E-state index in [1.807, 2.05) is 25.2 Å². The molecule has 7 heteroatoms. The van der Waals surface area contributed by atoms with Crippen molar-refractivity contribution in [1.29, 1.82) is 0 Å². The summed E-state index contributed by atoms with van der Waals surface area (Å²) in [6, 6.07) is 0. The molecular formula is C10H12BrN5O. The summed E-state index contributed by atoms with van der Waals surface area (Å²) in [7, 11) is 3.74. The Labute approximate surface area is 106 Å². The summed E-state index contributed by atoms with van der Waals surface area (Å²) in [6.45, 7) is 0.642. The monoisotopic (exact) mass is 297 g/mol. The summed E-state index contributed by atoms with van der Waals surface area (Å²) in [4.78, 5) is 19.9. The topological polar surface area (TPSA) is 66.8 Å². The number of halogens is 1. The van der Waals surface area contributed by atoms with Crippen molar-refractivity contribution in [3.05, 3.63) is 39.1 Å². The molecule has 0 fully saturated rings. The van der Waals surface area contributed by atoms with E-state index in [9.17, 15) is 4.79 Å². The first-order chi connectivity index (χ1) is 8.08. The maximum Gasteiger partial charge on any atom is 0.267 e. The van der Waals surface area contributed by atoms with Crippen LogP contribution in [0.3, 0.4) is 0 Å². The van der Waals surface area contributed by atoms with E-state index in [2.05, 4.69) is 31.0 Å². The van der Waals surface area contributed by atoms with Gasteiger partial charge in [-0.25, -0.2) is 4.98 Å². The predicted molar refractivity (Wildman–Crippen MR) is 67.9 cm³/mol. The van der Waals surface area contributed by atoms with Crippen molar-refractivity contribution < 1.29 is 0 Å². The third-order valence-electron chi connectivity index (χ3n) is 2.32. The van der Waals surface area contributed by atoms with Crippen LogP contribution in [0.1, 0.15) is 5.56 Å². The highest BCUT2D eigenvalue weighted by Gasteiger charge is 2.11. The van der Waals surface area contributed by atoms with Gasteiger partial charge in [-0.1, -0.05) is 0 Å². The second-order valence-electron chi connectivity index (χ2n) is 3.75. The minimum Gasteiger partial charge on any atom is -0.354 e. The van der Waals surface area contributed by atoms with Crippen molar-refractivity contribution in [2.45, 2.75) is 6.54 Å². The molecule has 0 saturated carbocycles. The van der Waals surface area contributed by atoms with Crippen molar-refractivity contribution >= 4 is 21.7 Å². The normalized spacial score (nSPS) is 10.5. The number of hydrogen-bond acceptors (Lipinski definition) is 4. The number of aryl methyl sites for hydroxylation is 1. The van der Waals surface area contributed by atoms with Gasteiger partial charge in [0.2, 0.25) is 0 Å². The van der Waals surface area contributed by atoms with E-state index in [0.29, 0.717) is 16.8 Å². The third kappa shape index (κ3) is 2.55. The molecule has 0 amide bonds. The average Bonchev–Trinajstić information content (AvgIpc) is 2.68. The first-order valence-corrected chi connectivity index (χ1v) is 5.79. The lowest BCUT2D eigenvalue weighted by atomic mass is 10.3. The molecule has 0 radical (unpaired) electrons. The van der Waals surface area contributed by atoms with Crippen LogP contribution in [0.5, 0.6) is 0 Å². The second kappa shape index (κ2) is 4.70. The van der Waals surface area contributed by atoms with Gasteiger partial charge in [-0.15, -0.1) is 0 Å². The van der Waals surface area contributed by atoms with Crippen LogP contribution in [0.2, 0.25) is 0 Å². The van der Waals surface area contributed by atoms with Crippen LogP contribution in [0.15, 0.2) is 28.0 Å². The third-order valence-corrected chi connectivity index (χ3v) is 3.03. The zero-order valence-corrected chi connectivity index (χ0v) is 11.1. The first kappa shape index (κ1) is 11.8. The zero-order chi connectivity index (χ0) is 12.4. The quantitative estimate of drug-likeness (QED) is 0.914. The largest absolute Gasteiger partial charge is 0.354 e. The van der Waals surface area contributed by atoms with Gasteiger partial charge in [-0.2, -0.15) is 5.10 Å². The van der Waals surface area contributed by atoms with Crippen LogP contribution in [0, 0.1) is 0 Å². The number of aromatic amines is 1. The van der Waals surface area contributed by atoms with Gasteiger partial charge in [0.05, 0.1) is 12.5 Å². The fourth-order valence-electron chi connectivity index (χ4n) is 1.54. The fourth-order valence-corrected chi connectivity index (χ4v) is 2.06. The molecule has 0 aliphatic heterocycles. The summed E-state index contributed by atoms with van der Waals surface area (Å²) in [5.74, 6) is 0.609. The van der Waals surface area contributed by atoms with Gasteiger partial charge in [0.15, 0.2) is 0 Å². The number of H-pyrrole nitrogens is 1. The van der Waals surface area contributed by atoms with Gasteiger partial charge in [-0.3, -0.25) is 9.48 Å². The Bertz CT molecular complexity index is 576. The number of anilines is 1. The highest BCUT2D eigenvalue weighted by atomic mass is 79.9. The minimum atomic E-state index is -0.187. The van der Waals surface area contributed by atoms with Crippen LogP contribution in [0.4, 0.5) is 5.82 Å². The highest BCUT2D eigenvalue weighted by molar-refractivity contribution is 9.10. The first-order valence-electron chi connectivity index (χ1n) is 5.00. The molecule has 0 bridgehead atoms. The number of nitrogens with one attached hydrogen (secondary N) is 1. The summed E-state index contributed by atoms with van der Waals surface area (Å²) in [5, 5.41) is 4.09. The molecule has 17 heavy (non-hydrogen) atoms. The lowest BCUT2D eigenvalue weighted by Gasteiger charge is -2.17. The SMILES string of the molecule is CN(Cc1cnn(C)c1)c1nc[nH]c(=O)c1Br. The van der Waals surface area contributed by atoms with Crippen LogP contribution >= 0.6 is 15.9 Å². The number of aromatic nitrogens is 4. The van der Waals surface area contributed by atoms with E-state index in [1.165, 1.54) is 6.33 Å². The summed E-state index contributed by atoms with van der Waals surface area (Å²) in [6.07, 6.45) is 5.11. The fraction of sp³-hybridized carbons (Fsp3) is 0.300. The number of rotatable bonds is 3. The average molecular weight is 298 g/mol. The maximum absolute atomic E-state index is 11.4. The molecule has 1 N–H and O–H groups in total. The van der Waals surface area contributed by atoms with Gasteiger partial charge in [0, 0.05) is 32.4 Å². The smallest absolute Gasteiger partial charge is 0.267 e. The van der Waals surface area contributed by atoms with Crippen molar-refractivity contribution in [3.63, 3.8) is 0 Å². The Kier molecular flexibility index (Phi) is 3.28. The molecule has 0 aliphatic carbocycles. The molecule has 2 aromatic heterocycles.